The van der Waals surface area contributed by atoms with Crippen LogP contribution in [0.5, 0.6) is 0 Å². The zero-order valence-electron chi connectivity index (χ0n) is 14.1. The fourth-order valence-electron chi connectivity index (χ4n) is 2.53. The number of hydrogen-bond acceptors (Lipinski definition) is 2. The third-order valence-electron chi connectivity index (χ3n) is 3.91. The van der Waals surface area contributed by atoms with Crippen LogP contribution in [0.3, 0.4) is 0 Å². The van der Waals surface area contributed by atoms with Crippen LogP contribution in [0, 0.1) is 0 Å². The van der Waals surface area contributed by atoms with Gasteiger partial charge in [-0.25, -0.2) is 0 Å². The number of aliphatic carboxylic acids is 1. The van der Waals surface area contributed by atoms with Gasteiger partial charge in [-0.05, 0) is 35.7 Å². The third kappa shape index (κ3) is 4.84. The van der Waals surface area contributed by atoms with Gasteiger partial charge in [0.1, 0.15) is 0 Å². The zero-order chi connectivity index (χ0) is 19.3. The van der Waals surface area contributed by atoms with Gasteiger partial charge in [-0.15, -0.1) is 0 Å². The van der Waals surface area contributed by atoms with E-state index >= 15 is 0 Å². The molecule has 0 aromatic heterocycles. The van der Waals surface area contributed by atoms with E-state index in [1.165, 1.54) is 17.0 Å². The van der Waals surface area contributed by atoms with E-state index in [1.807, 2.05) is 0 Å². The highest BCUT2D eigenvalue weighted by molar-refractivity contribution is 6.00. The highest BCUT2D eigenvalue weighted by atomic mass is 19.4. The molecule has 4 nitrogen and oxygen atoms in total. The molecule has 0 aliphatic heterocycles. The fourth-order valence-corrected chi connectivity index (χ4v) is 2.53. The van der Waals surface area contributed by atoms with Crippen molar-refractivity contribution in [2.24, 2.45) is 0 Å². The molecule has 0 aliphatic carbocycles. The van der Waals surface area contributed by atoms with Crippen molar-refractivity contribution in [1.82, 2.24) is 4.90 Å². The van der Waals surface area contributed by atoms with Crippen molar-refractivity contribution in [1.29, 1.82) is 0 Å². The van der Waals surface area contributed by atoms with Crippen molar-refractivity contribution in [3.05, 3.63) is 59.7 Å². The Kier molecular flexibility index (Phi) is 6.02. The summed E-state index contributed by atoms with van der Waals surface area (Å²) < 4.78 is 38.1. The molecule has 0 saturated heterocycles. The zero-order valence-corrected chi connectivity index (χ0v) is 14.1. The van der Waals surface area contributed by atoms with Gasteiger partial charge in [0, 0.05) is 25.6 Å². The fraction of sp³-hybridized carbons (Fsp3) is 0.263. The minimum absolute atomic E-state index is 0.0435. The molecule has 0 radical (unpaired) electrons. The molecule has 0 spiro atoms. The van der Waals surface area contributed by atoms with Gasteiger partial charge in [-0.2, -0.15) is 13.2 Å². The summed E-state index contributed by atoms with van der Waals surface area (Å²) in [5.41, 5.74) is 0.623. The standard InChI is InChI=1S/C19H18F3NO3/c1-23(12-4-7-17(24)25)18(26)16-6-3-2-5-15(16)13-8-10-14(11-9-13)19(20,21)22/h2-3,5-6,8-11H,4,7,12H2,1H3,(H,24,25). The number of carboxylic acid groups (broad SMARTS) is 1. The largest absolute Gasteiger partial charge is 0.481 e. The van der Waals surface area contributed by atoms with Crippen LogP contribution in [0.4, 0.5) is 13.2 Å². The average Bonchev–Trinajstić information content (AvgIpc) is 2.60. The van der Waals surface area contributed by atoms with Gasteiger partial charge in [0.05, 0.1) is 5.56 Å². The maximum atomic E-state index is 12.7. The summed E-state index contributed by atoms with van der Waals surface area (Å²) in [4.78, 5) is 24.6. The van der Waals surface area contributed by atoms with E-state index in [-0.39, 0.29) is 18.9 Å². The number of benzene rings is 2. The first-order valence-electron chi connectivity index (χ1n) is 7.94. The Morgan fingerprint density at radius 1 is 1.04 bits per heavy atom. The van der Waals surface area contributed by atoms with Gasteiger partial charge < -0.3 is 10.0 Å². The van der Waals surface area contributed by atoms with E-state index in [2.05, 4.69) is 0 Å². The van der Waals surface area contributed by atoms with Gasteiger partial charge in [0.15, 0.2) is 0 Å². The quantitative estimate of drug-likeness (QED) is 0.830. The van der Waals surface area contributed by atoms with Gasteiger partial charge in [0.2, 0.25) is 0 Å². The van der Waals surface area contributed by atoms with Crippen LogP contribution in [0.2, 0.25) is 0 Å². The molecule has 0 atom stereocenters. The SMILES string of the molecule is CN(CCCC(=O)O)C(=O)c1ccccc1-c1ccc(C(F)(F)F)cc1. The molecular weight excluding hydrogens is 347 g/mol. The Morgan fingerprint density at radius 3 is 2.23 bits per heavy atom. The van der Waals surface area contributed by atoms with Crippen LogP contribution in [0.1, 0.15) is 28.8 Å². The number of alkyl halides is 3. The van der Waals surface area contributed by atoms with Crippen LogP contribution in [-0.4, -0.2) is 35.5 Å². The minimum atomic E-state index is -4.42. The van der Waals surface area contributed by atoms with Crippen molar-refractivity contribution in [2.75, 3.05) is 13.6 Å². The van der Waals surface area contributed by atoms with Crippen LogP contribution in [0.25, 0.3) is 11.1 Å². The summed E-state index contributed by atoms with van der Waals surface area (Å²) >= 11 is 0. The lowest BCUT2D eigenvalue weighted by Crippen LogP contribution is -2.28. The molecule has 138 valence electrons. The van der Waals surface area contributed by atoms with Gasteiger partial charge in [-0.3, -0.25) is 9.59 Å². The second-order valence-electron chi connectivity index (χ2n) is 5.84. The summed E-state index contributed by atoms with van der Waals surface area (Å²) in [6.45, 7) is 0.270. The molecule has 0 bridgehead atoms. The molecule has 0 aliphatic rings. The van der Waals surface area contributed by atoms with Gasteiger partial charge in [0.25, 0.3) is 5.91 Å². The summed E-state index contributed by atoms with van der Waals surface area (Å²) in [6, 6.07) is 11.3. The van der Waals surface area contributed by atoms with Gasteiger partial charge >= 0.3 is 12.1 Å². The normalized spacial score (nSPS) is 11.2. The summed E-state index contributed by atoms with van der Waals surface area (Å²) in [6.07, 6.45) is -4.14. The van der Waals surface area contributed by atoms with E-state index in [0.717, 1.165) is 12.1 Å². The van der Waals surface area contributed by atoms with Gasteiger partial charge in [-0.1, -0.05) is 30.3 Å². The molecule has 0 saturated carbocycles. The van der Waals surface area contributed by atoms with E-state index in [4.69, 9.17) is 5.11 Å². The number of amides is 1. The smallest absolute Gasteiger partial charge is 0.416 e. The third-order valence-corrected chi connectivity index (χ3v) is 3.91. The van der Waals surface area contributed by atoms with Crippen molar-refractivity contribution in [2.45, 2.75) is 19.0 Å². The molecule has 7 heteroatoms. The number of rotatable bonds is 6. The number of carboxylic acids is 1. The average molecular weight is 365 g/mol. The Hall–Kier alpha value is -2.83. The van der Waals surface area contributed by atoms with Crippen molar-refractivity contribution in [3.63, 3.8) is 0 Å². The number of hydrogen-bond donors (Lipinski definition) is 1. The van der Waals surface area contributed by atoms with E-state index in [1.54, 1.807) is 31.3 Å². The maximum Gasteiger partial charge on any atom is 0.416 e. The van der Waals surface area contributed by atoms with E-state index in [0.29, 0.717) is 23.1 Å². The molecule has 0 unspecified atom stereocenters. The Morgan fingerprint density at radius 2 is 1.65 bits per heavy atom. The highest BCUT2D eigenvalue weighted by Crippen LogP contribution is 2.32. The summed E-state index contributed by atoms with van der Waals surface area (Å²) in [5.74, 6) is -1.25. The first-order chi connectivity index (χ1) is 12.2. The van der Waals surface area contributed by atoms with E-state index < -0.39 is 17.7 Å². The first kappa shape index (κ1) is 19.5. The second kappa shape index (κ2) is 8.03. The molecule has 2 aromatic carbocycles. The van der Waals surface area contributed by atoms with Crippen LogP contribution in [-0.2, 0) is 11.0 Å². The second-order valence-corrected chi connectivity index (χ2v) is 5.84. The first-order valence-corrected chi connectivity index (χ1v) is 7.94. The molecule has 1 N–H and O–H groups in total. The van der Waals surface area contributed by atoms with Crippen molar-refractivity contribution < 1.29 is 27.9 Å². The topological polar surface area (TPSA) is 57.6 Å². The minimum Gasteiger partial charge on any atom is -0.481 e. The number of carbonyl (C=O) groups is 2. The van der Waals surface area contributed by atoms with E-state index in [9.17, 15) is 22.8 Å². The van der Waals surface area contributed by atoms with Crippen LogP contribution in [0.15, 0.2) is 48.5 Å². The lowest BCUT2D eigenvalue weighted by molar-refractivity contribution is -0.138. The Labute approximate surface area is 148 Å². The molecule has 0 fully saturated rings. The molecule has 0 heterocycles. The number of halogens is 3. The summed E-state index contributed by atoms with van der Waals surface area (Å²) in [5, 5.41) is 8.67. The molecular formula is C19H18F3NO3. The maximum absolute atomic E-state index is 12.7. The molecule has 26 heavy (non-hydrogen) atoms. The molecule has 1 amide bonds. The Balaban J connectivity index is 2.24. The lowest BCUT2D eigenvalue weighted by Gasteiger charge is -2.19. The number of nitrogens with zero attached hydrogens (tertiary/aromatic N) is 1. The molecule has 2 rings (SSSR count). The predicted octanol–water partition coefficient (Wildman–Crippen LogP) is 4.31. The summed E-state index contributed by atoms with van der Waals surface area (Å²) in [7, 11) is 1.56. The number of carbonyl (C=O) groups excluding carboxylic acids is 1. The monoisotopic (exact) mass is 365 g/mol. The van der Waals surface area contributed by atoms with Crippen LogP contribution < -0.4 is 0 Å². The van der Waals surface area contributed by atoms with Crippen LogP contribution >= 0.6 is 0 Å². The molecule has 2 aromatic rings. The predicted molar refractivity (Wildman–Crippen MR) is 90.7 cm³/mol. The van der Waals surface area contributed by atoms with Crippen molar-refractivity contribution >= 4 is 11.9 Å². The highest BCUT2D eigenvalue weighted by Gasteiger charge is 2.30. The van der Waals surface area contributed by atoms with Crippen molar-refractivity contribution in [3.8, 4) is 11.1 Å². The lowest BCUT2D eigenvalue weighted by atomic mass is 9.97. The Bertz CT molecular complexity index is 785.